The highest BCUT2D eigenvalue weighted by Gasteiger charge is 2.40. The van der Waals surface area contributed by atoms with E-state index in [0.717, 1.165) is 48.6 Å². The van der Waals surface area contributed by atoms with E-state index in [9.17, 15) is 4.79 Å². The molecule has 28 heavy (non-hydrogen) atoms. The zero-order chi connectivity index (χ0) is 19.7. The van der Waals surface area contributed by atoms with Crippen molar-refractivity contribution in [3.05, 3.63) is 46.6 Å². The Bertz CT molecular complexity index is 843. The van der Waals surface area contributed by atoms with Gasteiger partial charge in [0.05, 0.1) is 13.2 Å². The van der Waals surface area contributed by atoms with Crippen LogP contribution in [0.3, 0.4) is 0 Å². The third kappa shape index (κ3) is 3.72. The van der Waals surface area contributed by atoms with Crippen molar-refractivity contribution in [3.63, 3.8) is 0 Å². The number of aryl methyl sites for hydroxylation is 3. The van der Waals surface area contributed by atoms with E-state index in [1.165, 1.54) is 5.56 Å². The largest absolute Gasteiger partial charge is 0.355 e. The highest BCUT2D eigenvalue weighted by molar-refractivity contribution is 6.03. The molecule has 0 aliphatic carbocycles. The molecule has 1 aromatic carbocycles. The molecule has 1 aromatic heterocycles. The van der Waals surface area contributed by atoms with Crippen molar-refractivity contribution in [1.29, 1.82) is 0 Å². The van der Waals surface area contributed by atoms with E-state index in [1.807, 2.05) is 26.8 Å². The molecule has 2 aromatic rings. The quantitative estimate of drug-likeness (QED) is 0.879. The summed E-state index contributed by atoms with van der Waals surface area (Å²) in [4.78, 5) is 14.8. The molecule has 4 rings (SSSR count). The number of rotatable bonds is 3. The molecular weight excluding hydrogens is 356 g/mol. The van der Waals surface area contributed by atoms with Gasteiger partial charge in [-0.2, -0.15) is 0 Å². The average molecular weight is 382 g/mol. The van der Waals surface area contributed by atoms with Crippen LogP contribution in [0, 0.1) is 20.8 Å². The SMILES string of the molecule is Cc1cc(C)c(NC(=O)c2ccc(N3CCC4(CC3)OCCO4)nn2)c(C)c1. The minimum absolute atomic E-state index is 0.251. The minimum Gasteiger partial charge on any atom is -0.355 e. The van der Waals surface area contributed by atoms with Crippen LogP contribution < -0.4 is 10.2 Å². The lowest BCUT2D eigenvalue weighted by molar-refractivity contribution is -0.169. The fourth-order valence-electron chi connectivity index (χ4n) is 4.03. The lowest BCUT2D eigenvalue weighted by Gasteiger charge is -2.37. The van der Waals surface area contributed by atoms with Crippen LogP contribution in [-0.2, 0) is 9.47 Å². The predicted octanol–water partition coefficient (Wildman–Crippen LogP) is 3.00. The lowest BCUT2D eigenvalue weighted by Crippen LogP contribution is -2.45. The molecule has 0 radical (unpaired) electrons. The van der Waals surface area contributed by atoms with Gasteiger partial charge in [-0.05, 0) is 44.0 Å². The number of nitrogens with zero attached hydrogens (tertiary/aromatic N) is 3. The maximum Gasteiger partial charge on any atom is 0.276 e. The van der Waals surface area contributed by atoms with Crippen LogP contribution in [0.5, 0.6) is 0 Å². The Balaban J connectivity index is 1.41. The first-order valence-corrected chi connectivity index (χ1v) is 9.72. The second kappa shape index (κ2) is 7.48. The fraction of sp³-hybridized carbons (Fsp3) is 0.476. The highest BCUT2D eigenvalue weighted by atomic mass is 16.7. The van der Waals surface area contributed by atoms with Crippen molar-refractivity contribution >= 4 is 17.4 Å². The second-order valence-electron chi connectivity index (χ2n) is 7.60. The second-order valence-corrected chi connectivity index (χ2v) is 7.60. The number of hydrogen-bond donors (Lipinski definition) is 1. The van der Waals surface area contributed by atoms with E-state index < -0.39 is 5.79 Å². The number of carbonyl (C=O) groups excluding carboxylic acids is 1. The summed E-state index contributed by atoms with van der Waals surface area (Å²) in [5.74, 6) is 0.111. The van der Waals surface area contributed by atoms with Gasteiger partial charge in [-0.1, -0.05) is 17.7 Å². The van der Waals surface area contributed by atoms with Gasteiger partial charge in [0.25, 0.3) is 5.91 Å². The number of ether oxygens (including phenoxy) is 2. The van der Waals surface area contributed by atoms with Gasteiger partial charge in [-0.25, -0.2) is 0 Å². The Hall–Kier alpha value is -2.51. The zero-order valence-corrected chi connectivity index (χ0v) is 16.6. The molecule has 0 saturated carbocycles. The van der Waals surface area contributed by atoms with Crippen molar-refractivity contribution in [2.45, 2.75) is 39.4 Å². The molecule has 0 unspecified atom stereocenters. The van der Waals surface area contributed by atoms with Crippen molar-refractivity contribution < 1.29 is 14.3 Å². The van der Waals surface area contributed by atoms with E-state index >= 15 is 0 Å². The number of anilines is 2. The van der Waals surface area contributed by atoms with Crippen molar-refractivity contribution in [2.75, 3.05) is 36.5 Å². The molecule has 148 valence electrons. The Morgan fingerprint density at radius 3 is 2.25 bits per heavy atom. The van der Waals surface area contributed by atoms with Crippen LogP contribution in [0.1, 0.15) is 40.0 Å². The minimum atomic E-state index is -0.409. The van der Waals surface area contributed by atoms with Crippen LogP contribution >= 0.6 is 0 Å². The van der Waals surface area contributed by atoms with Gasteiger partial charge >= 0.3 is 0 Å². The summed E-state index contributed by atoms with van der Waals surface area (Å²) in [6.07, 6.45) is 1.62. The molecule has 1 amide bonds. The molecule has 2 saturated heterocycles. The Labute approximate surface area is 165 Å². The van der Waals surface area contributed by atoms with Gasteiger partial charge in [0.2, 0.25) is 0 Å². The summed E-state index contributed by atoms with van der Waals surface area (Å²) in [5.41, 5.74) is 4.38. The lowest BCUT2D eigenvalue weighted by atomic mass is 10.0. The molecule has 2 aliphatic heterocycles. The third-order valence-electron chi connectivity index (χ3n) is 5.46. The molecule has 1 N–H and O–H groups in total. The Morgan fingerprint density at radius 1 is 1.04 bits per heavy atom. The number of nitrogens with one attached hydrogen (secondary N) is 1. The summed E-state index contributed by atoms with van der Waals surface area (Å²) in [6.45, 7) is 8.96. The van der Waals surface area contributed by atoms with Gasteiger partial charge in [0.15, 0.2) is 17.3 Å². The average Bonchev–Trinajstić information content (AvgIpc) is 3.13. The normalized spacial score (nSPS) is 18.5. The monoisotopic (exact) mass is 382 g/mol. The summed E-state index contributed by atoms with van der Waals surface area (Å²) in [7, 11) is 0. The third-order valence-corrected chi connectivity index (χ3v) is 5.46. The van der Waals surface area contributed by atoms with E-state index in [0.29, 0.717) is 18.9 Å². The highest BCUT2D eigenvalue weighted by Crippen LogP contribution is 2.32. The summed E-state index contributed by atoms with van der Waals surface area (Å²) in [6, 6.07) is 7.69. The maximum atomic E-state index is 12.6. The number of benzene rings is 1. The van der Waals surface area contributed by atoms with E-state index in [4.69, 9.17) is 9.47 Å². The molecule has 0 atom stereocenters. The number of hydrogen-bond acceptors (Lipinski definition) is 6. The number of carbonyl (C=O) groups is 1. The number of aromatic nitrogens is 2. The van der Waals surface area contributed by atoms with Crippen LogP contribution in [-0.4, -0.2) is 48.2 Å². The topological polar surface area (TPSA) is 76.6 Å². The van der Waals surface area contributed by atoms with Crippen LogP contribution in [0.4, 0.5) is 11.5 Å². The van der Waals surface area contributed by atoms with Gasteiger partial charge in [0, 0.05) is 31.6 Å². The Morgan fingerprint density at radius 2 is 1.68 bits per heavy atom. The molecule has 0 bridgehead atoms. The number of piperidine rings is 1. The van der Waals surface area contributed by atoms with Crippen LogP contribution in [0.15, 0.2) is 24.3 Å². The zero-order valence-electron chi connectivity index (χ0n) is 16.6. The molecule has 3 heterocycles. The summed E-state index contributed by atoms with van der Waals surface area (Å²) >= 11 is 0. The van der Waals surface area contributed by atoms with E-state index in [-0.39, 0.29) is 5.91 Å². The molecule has 7 heteroatoms. The van der Waals surface area contributed by atoms with Crippen LogP contribution in [0.2, 0.25) is 0 Å². The van der Waals surface area contributed by atoms with Crippen molar-refractivity contribution in [2.24, 2.45) is 0 Å². The predicted molar refractivity (Wildman–Crippen MR) is 107 cm³/mol. The molecule has 1 spiro atoms. The number of amides is 1. The van der Waals surface area contributed by atoms with Crippen molar-refractivity contribution in [1.82, 2.24) is 10.2 Å². The van der Waals surface area contributed by atoms with Crippen molar-refractivity contribution in [3.8, 4) is 0 Å². The summed E-state index contributed by atoms with van der Waals surface area (Å²) in [5, 5.41) is 11.4. The van der Waals surface area contributed by atoms with Gasteiger partial charge in [-0.3, -0.25) is 4.79 Å². The van der Waals surface area contributed by atoms with Gasteiger partial charge in [-0.15, -0.1) is 10.2 Å². The van der Waals surface area contributed by atoms with Gasteiger partial charge in [0.1, 0.15) is 0 Å². The van der Waals surface area contributed by atoms with Crippen LogP contribution in [0.25, 0.3) is 0 Å². The van der Waals surface area contributed by atoms with Gasteiger partial charge < -0.3 is 19.7 Å². The van der Waals surface area contributed by atoms with E-state index in [2.05, 4.69) is 32.5 Å². The molecule has 2 aliphatic rings. The summed E-state index contributed by atoms with van der Waals surface area (Å²) < 4.78 is 11.5. The first-order chi connectivity index (χ1) is 13.5. The first-order valence-electron chi connectivity index (χ1n) is 9.72. The smallest absolute Gasteiger partial charge is 0.276 e. The van der Waals surface area contributed by atoms with E-state index in [1.54, 1.807) is 6.07 Å². The fourth-order valence-corrected chi connectivity index (χ4v) is 4.03. The molecule has 2 fully saturated rings. The standard InChI is InChI=1S/C21H26N4O3/c1-14-12-15(2)19(16(3)13-14)22-20(26)17-4-5-18(24-23-17)25-8-6-21(7-9-25)27-10-11-28-21/h4-5,12-13H,6-11H2,1-3H3,(H,22,26). The Kier molecular flexibility index (Phi) is 5.03. The maximum absolute atomic E-state index is 12.6. The first kappa shape index (κ1) is 18.8. The molecular formula is C21H26N4O3. The molecule has 7 nitrogen and oxygen atoms in total.